The van der Waals surface area contributed by atoms with E-state index in [0.29, 0.717) is 50.7 Å². The third-order valence-electron chi connectivity index (χ3n) is 7.36. The lowest BCUT2D eigenvalue weighted by molar-refractivity contribution is -0.133. The molecule has 0 aliphatic rings. The van der Waals surface area contributed by atoms with Crippen LogP contribution in [0.1, 0.15) is 33.6 Å². The average Bonchev–Trinajstić information content (AvgIpc) is 3.49. The molecule has 0 radical (unpaired) electrons. The molecule has 1 aromatic heterocycles. The van der Waals surface area contributed by atoms with Crippen LogP contribution in [0.2, 0.25) is 0 Å². The molecule has 0 aliphatic carbocycles. The van der Waals surface area contributed by atoms with Crippen LogP contribution in [-0.2, 0) is 29.2 Å². The SMILES string of the molecule is COCCCN(CC(=O)N(Cc1ccccc1)Cc1cccn1Cc1cccc(OC)c1)C(=O)c1c(OC)cccc1OC. The predicted molar refractivity (Wildman–Crippen MR) is 169 cm³/mol. The van der Waals surface area contributed by atoms with Gasteiger partial charge in [0.25, 0.3) is 5.91 Å². The third kappa shape index (κ3) is 8.41. The molecule has 9 heteroatoms. The summed E-state index contributed by atoms with van der Waals surface area (Å²) in [6, 6.07) is 27.0. The highest BCUT2D eigenvalue weighted by Gasteiger charge is 2.27. The molecule has 0 saturated carbocycles. The number of benzene rings is 3. The van der Waals surface area contributed by atoms with Crippen LogP contribution in [0.4, 0.5) is 0 Å². The molecule has 0 fully saturated rings. The normalized spacial score (nSPS) is 10.7. The number of carbonyl (C=O) groups is 2. The van der Waals surface area contributed by atoms with Gasteiger partial charge in [-0.05, 0) is 53.9 Å². The van der Waals surface area contributed by atoms with E-state index in [1.165, 1.54) is 14.2 Å². The fraction of sp³-hybridized carbons (Fsp3) is 0.314. The quantitative estimate of drug-likeness (QED) is 0.163. The molecule has 0 unspecified atom stereocenters. The van der Waals surface area contributed by atoms with Crippen molar-refractivity contribution < 1.29 is 28.5 Å². The minimum atomic E-state index is -0.343. The molecule has 9 nitrogen and oxygen atoms in total. The monoisotopic (exact) mass is 599 g/mol. The minimum Gasteiger partial charge on any atom is -0.497 e. The Morgan fingerprint density at radius 3 is 2.11 bits per heavy atom. The van der Waals surface area contributed by atoms with E-state index in [1.807, 2.05) is 66.9 Å². The molecule has 0 aliphatic heterocycles. The standard InChI is InChI=1S/C35H41N3O6/c1-41-21-11-20-37(35(40)34-31(43-3)17-9-18-32(34)44-4)26-33(39)38(23-27-12-6-5-7-13-27)25-29-15-10-19-36(29)24-28-14-8-16-30(22-28)42-2/h5-10,12-19,22H,11,20-21,23-26H2,1-4H3. The van der Waals surface area contributed by atoms with Crippen LogP contribution in [0.5, 0.6) is 17.2 Å². The topological polar surface area (TPSA) is 82.5 Å². The summed E-state index contributed by atoms with van der Waals surface area (Å²) in [5.74, 6) is 1.04. The molecular weight excluding hydrogens is 558 g/mol. The Kier molecular flexibility index (Phi) is 11.8. The van der Waals surface area contributed by atoms with Crippen LogP contribution in [-0.4, -0.2) is 74.3 Å². The number of ether oxygens (including phenoxy) is 4. The first-order chi connectivity index (χ1) is 21.5. The average molecular weight is 600 g/mol. The van der Waals surface area contributed by atoms with Crippen molar-refractivity contribution in [3.05, 3.63) is 114 Å². The molecule has 44 heavy (non-hydrogen) atoms. The molecule has 0 atom stereocenters. The molecule has 0 bridgehead atoms. The van der Waals surface area contributed by atoms with Gasteiger partial charge in [-0.2, -0.15) is 0 Å². The van der Waals surface area contributed by atoms with Crippen molar-refractivity contribution in [2.45, 2.75) is 26.1 Å². The fourth-order valence-electron chi connectivity index (χ4n) is 5.08. The van der Waals surface area contributed by atoms with Crippen LogP contribution in [0.15, 0.2) is 91.1 Å². The van der Waals surface area contributed by atoms with E-state index < -0.39 is 0 Å². The Morgan fingerprint density at radius 1 is 0.727 bits per heavy atom. The van der Waals surface area contributed by atoms with Crippen molar-refractivity contribution in [2.75, 3.05) is 48.1 Å². The van der Waals surface area contributed by atoms with E-state index in [4.69, 9.17) is 18.9 Å². The van der Waals surface area contributed by atoms with Crippen molar-refractivity contribution in [1.29, 1.82) is 0 Å². The number of methoxy groups -OCH3 is 4. The summed E-state index contributed by atoms with van der Waals surface area (Å²) in [6.07, 6.45) is 2.57. The van der Waals surface area contributed by atoms with Crippen molar-refractivity contribution in [1.82, 2.24) is 14.4 Å². The van der Waals surface area contributed by atoms with Crippen molar-refractivity contribution >= 4 is 11.8 Å². The first-order valence-electron chi connectivity index (χ1n) is 14.5. The van der Waals surface area contributed by atoms with Crippen LogP contribution in [0.25, 0.3) is 0 Å². The summed E-state index contributed by atoms with van der Waals surface area (Å²) in [6.45, 7) is 2.04. The first kappa shape index (κ1) is 32.2. The zero-order valence-corrected chi connectivity index (χ0v) is 25.9. The van der Waals surface area contributed by atoms with Gasteiger partial charge in [0.2, 0.25) is 5.91 Å². The van der Waals surface area contributed by atoms with Gasteiger partial charge in [0.05, 0.1) is 27.9 Å². The highest BCUT2D eigenvalue weighted by Crippen LogP contribution is 2.30. The van der Waals surface area contributed by atoms with Crippen LogP contribution < -0.4 is 14.2 Å². The maximum atomic E-state index is 14.1. The van der Waals surface area contributed by atoms with Crippen LogP contribution >= 0.6 is 0 Å². The van der Waals surface area contributed by atoms with E-state index >= 15 is 0 Å². The number of nitrogens with zero attached hydrogens (tertiary/aromatic N) is 3. The molecule has 0 saturated heterocycles. The molecule has 3 aromatic carbocycles. The summed E-state index contributed by atoms with van der Waals surface area (Å²) in [5.41, 5.74) is 3.34. The first-order valence-corrected chi connectivity index (χ1v) is 14.5. The van der Waals surface area contributed by atoms with Gasteiger partial charge in [-0.15, -0.1) is 0 Å². The smallest absolute Gasteiger partial charge is 0.261 e. The largest absolute Gasteiger partial charge is 0.497 e. The number of aromatic nitrogens is 1. The van der Waals surface area contributed by atoms with Crippen molar-refractivity contribution in [2.24, 2.45) is 0 Å². The van der Waals surface area contributed by atoms with Gasteiger partial charge in [-0.1, -0.05) is 48.5 Å². The van der Waals surface area contributed by atoms with Gasteiger partial charge in [-0.3, -0.25) is 9.59 Å². The van der Waals surface area contributed by atoms with E-state index in [0.717, 1.165) is 22.6 Å². The van der Waals surface area contributed by atoms with Gasteiger partial charge < -0.3 is 33.3 Å². The molecule has 4 aromatic rings. The molecule has 232 valence electrons. The zero-order chi connectivity index (χ0) is 31.3. The Bertz CT molecular complexity index is 1480. The molecular formula is C35H41N3O6. The van der Waals surface area contributed by atoms with Gasteiger partial charge in [-0.25, -0.2) is 0 Å². The number of carbonyl (C=O) groups excluding carboxylic acids is 2. The molecule has 1 heterocycles. The molecule has 4 rings (SSSR count). The maximum Gasteiger partial charge on any atom is 0.261 e. The second kappa shape index (κ2) is 16.2. The van der Waals surface area contributed by atoms with Crippen molar-refractivity contribution in [3.63, 3.8) is 0 Å². The second-order valence-electron chi connectivity index (χ2n) is 10.3. The summed E-state index contributed by atoms with van der Waals surface area (Å²) < 4.78 is 23.8. The van der Waals surface area contributed by atoms with Crippen molar-refractivity contribution in [3.8, 4) is 17.2 Å². The van der Waals surface area contributed by atoms with E-state index in [1.54, 1.807) is 42.2 Å². The van der Waals surface area contributed by atoms with Gasteiger partial charge in [0.15, 0.2) is 0 Å². The summed E-state index contributed by atoms with van der Waals surface area (Å²) in [5, 5.41) is 0. The second-order valence-corrected chi connectivity index (χ2v) is 10.3. The zero-order valence-electron chi connectivity index (χ0n) is 25.9. The van der Waals surface area contributed by atoms with Gasteiger partial charge >= 0.3 is 0 Å². The minimum absolute atomic E-state index is 0.118. The van der Waals surface area contributed by atoms with E-state index in [2.05, 4.69) is 10.6 Å². The molecule has 0 spiro atoms. The lowest BCUT2D eigenvalue weighted by Gasteiger charge is -2.29. The lowest BCUT2D eigenvalue weighted by atomic mass is 10.1. The highest BCUT2D eigenvalue weighted by molar-refractivity contribution is 6.01. The Morgan fingerprint density at radius 2 is 1.43 bits per heavy atom. The molecule has 0 N–H and O–H groups in total. The third-order valence-corrected chi connectivity index (χ3v) is 7.36. The van der Waals surface area contributed by atoms with Gasteiger partial charge in [0.1, 0.15) is 29.4 Å². The van der Waals surface area contributed by atoms with Crippen LogP contribution in [0.3, 0.4) is 0 Å². The van der Waals surface area contributed by atoms with E-state index in [9.17, 15) is 9.59 Å². The lowest BCUT2D eigenvalue weighted by Crippen LogP contribution is -2.43. The van der Waals surface area contributed by atoms with E-state index in [-0.39, 0.29) is 23.9 Å². The number of hydrogen-bond acceptors (Lipinski definition) is 6. The summed E-state index contributed by atoms with van der Waals surface area (Å²) >= 11 is 0. The van der Waals surface area contributed by atoms with Gasteiger partial charge in [0, 0.05) is 45.2 Å². The summed E-state index contributed by atoms with van der Waals surface area (Å²) in [7, 11) is 6.28. The Labute approximate surface area is 259 Å². The Hall–Kier alpha value is -4.76. The molecule has 2 amide bonds. The Balaban J connectivity index is 1.62. The number of hydrogen-bond donors (Lipinski definition) is 0. The predicted octanol–water partition coefficient (Wildman–Crippen LogP) is 5.27. The fourth-order valence-corrected chi connectivity index (χ4v) is 5.08. The number of rotatable bonds is 16. The maximum absolute atomic E-state index is 14.1. The highest BCUT2D eigenvalue weighted by atomic mass is 16.5. The van der Waals surface area contributed by atoms with Crippen LogP contribution in [0, 0.1) is 0 Å². The summed E-state index contributed by atoms with van der Waals surface area (Å²) in [4.78, 5) is 31.5. The number of amides is 2.